The van der Waals surface area contributed by atoms with E-state index in [0.717, 1.165) is 18.4 Å². The van der Waals surface area contributed by atoms with Crippen LogP contribution in [0.5, 0.6) is 0 Å². The molecule has 0 radical (unpaired) electrons. The predicted octanol–water partition coefficient (Wildman–Crippen LogP) is 1.42. The molecule has 1 rings (SSSR count). The topological polar surface area (TPSA) is 77.2 Å². The van der Waals surface area contributed by atoms with Crippen LogP contribution in [0.2, 0.25) is 5.02 Å². The molecule has 0 saturated carbocycles. The van der Waals surface area contributed by atoms with E-state index in [2.05, 4.69) is 0 Å². The van der Waals surface area contributed by atoms with Crippen molar-refractivity contribution in [1.82, 2.24) is 0 Å². The van der Waals surface area contributed by atoms with E-state index in [4.69, 9.17) is 17.3 Å². The lowest BCUT2D eigenvalue weighted by Crippen LogP contribution is -2.32. The van der Waals surface area contributed by atoms with Crippen molar-refractivity contribution in [2.75, 3.05) is 12.0 Å². The molecule has 4 nitrogen and oxygen atoms in total. The van der Waals surface area contributed by atoms with Gasteiger partial charge < -0.3 is 5.73 Å². The van der Waals surface area contributed by atoms with E-state index in [-0.39, 0.29) is 22.8 Å². The number of carbonyl (C=O) groups excluding carboxylic acids is 1. The minimum atomic E-state index is -3.19. The Kier molecular flexibility index (Phi) is 4.84. The number of ketones is 1. The zero-order chi connectivity index (χ0) is 13.9. The van der Waals surface area contributed by atoms with Gasteiger partial charge in [-0.05, 0) is 24.6 Å². The molecule has 1 aromatic carbocycles. The summed E-state index contributed by atoms with van der Waals surface area (Å²) in [6.07, 6.45) is 1.03. The molecule has 0 fully saturated rings. The third-order valence-corrected chi connectivity index (χ3v) is 3.64. The second-order valence-corrected chi connectivity index (χ2v) is 6.68. The maximum atomic E-state index is 13.0. The van der Waals surface area contributed by atoms with Gasteiger partial charge in [-0.3, -0.25) is 4.79 Å². The number of benzene rings is 1. The van der Waals surface area contributed by atoms with Crippen molar-refractivity contribution in [2.45, 2.75) is 12.5 Å². The predicted molar refractivity (Wildman–Crippen MR) is 68.0 cm³/mol. The molecule has 0 spiro atoms. The molecule has 0 bridgehead atoms. The first-order valence-corrected chi connectivity index (χ1v) is 7.57. The van der Waals surface area contributed by atoms with Crippen molar-refractivity contribution >= 4 is 27.2 Å². The SMILES string of the molecule is CS(=O)(=O)CCC(N)C(=O)c1cc(F)ccc1Cl. The molecule has 1 unspecified atom stereocenters. The van der Waals surface area contributed by atoms with E-state index in [1.54, 1.807) is 0 Å². The van der Waals surface area contributed by atoms with Crippen molar-refractivity contribution in [3.05, 3.63) is 34.6 Å². The Bertz CT molecular complexity index is 559. The van der Waals surface area contributed by atoms with Gasteiger partial charge in [0.05, 0.1) is 16.8 Å². The number of Topliss-reactive ketones (excluding diaryl/α,β-unsaturated/α-hetero) is 1. The van der Waals surface area contributed by atoms with E-state index >= 15 is 0 Å². The summed E-state index contributed by atoms with van der Waals surface area (Å²) in [6, 6.07) is 2.36. The van der Waals surface area contributed by atoms with Crippen molar-refractivity contribution in [3.8, 4) is 0 Å². The van der Waals surface area contributed by atoms with Crippen LogP contribution in [0, 0.1) is 5.82 Å². The average molecular weight is 294 g/mol. The van der Waals surface area contributed by atoms with Crippen LogP contribution in [-0.4, -0.2) is 32.3 Å². The van der Waals surface area contributed by atoms with Gasteiger partial charge in [0.1, 0.15) is 15.7 Å². The van der Waals surface area contributed by atoms with Gasteiger partial charge >= 0.3 is 0 Å². The first-order chi connectivity index (χ1) is 8.20. The van der Waals surface area contributed by atoms with Crippen molar-refractivity contribution < 1.29 is 17.6 Å². The molecule has 0 aliphatic carbocycles. The standard InChI is InChI=1S/C11H13ClFNO3S/c1-18(16,17)5-4-10(14)11(15)8-6-7(13)2-3-9(8)12/h2-3,6,10H,4-5,14H2,1H3. The first-order valence-electron chi connectivity index (χ1n) is 5.13. The lowest BCUT2D eigenvalue weighted by Gasteiger charge is -2.11. The zero-order valence-corrected chi connectivity index (χ0v) is 11.3. The summed E-state index contributed by atoms with van der Waals surface area (Å²) in [4.78, 5) is 11.9. The van der Waals surface area contributed by atoms with Gasteiger partial charge in [0.2, 0.25) is 0 Å². The highest BCUT2D eigenvalue weighted by molar-refractivity contribution is 7.90. The van der Waals surface area contributed by atoms with Gasteiger partial charge in [-0.25, -0.2) is 12.8 Å². The molecular weight excluding hydrogens is 281 g/mol. The van der Waals surface area contributed by atoms with Crippen molar-refractivity contribution in [1.29, 1.82) is 0 Å². The molecule has 1 aromatic rings. The van der Waals surface area contributed by atoms with E-state index in [1.807, 2.05) is 0 Å². The summed E-state index contributed by atoms with van der Waals surface area (Å²) < 4.78 is 34.9. The molecule has 1 atom stereocenters. The Morgan fingerprint density at radius 3 is 2.67 bits per heavy atom. The van der Waals surface area contributed by atoms with Crippen LogP contribution in [0.4, 0.5) is 4.39 Å². The highest BCUT2D eigenvalue weighted by atomic mass is 35.5. The molecule has 0 heterocycles. The van der Waals surface area contributed by atoms with Crippen LogP contribution in [-0.2, 0) is 9.84 Å². The third-order valence-electron chi connectivity index (χ3n) is 2.33. The van der Waals surface area contributed by atoms with Crippen LogP contribution in [0.3, 0.4) is 0 Å². The fourth-order valence-electron chi connectivity index (χ4n) is 1.36. The first kappa shape index (κ1) is 15.1. The fraction of sp³-hybridized carbons (Fsp3) is 0.364. The van der Waals surface area contributed by atoms with Crippen LogP contribution in [0.15, 0.2) is 18.2 Å². The number of rotatable bonds is 5. The smallest absolute Gasteiger partial charge is 0.181 e. The van der Waals surface area contributed by atoms with Crippen LogP contribution < -0.4 is 5.73 Å². The fourth-order valence-corrected chi connectivity index (χ4v) is 2.25. The van der Waals surface area contributed by atoms with E-state index < -0.39 is 27.5 Å². The number of hydrogen-bond acceptors (Lipinski definition) is 4. The average Bonchev–Trinajstić information content (AvgIpc) is 2.27. The highest BCUT2D eigenvalue weighted by Crippen LogP contribution is 2.19. The second kappa shape index (κ2) is 5.77. The zero-order valence-electron chi connectivity index (χ0n) is 9.69. The Hall–Kier alpha value is -0.980. The van der Waals surface area contributed by atoms with E-state index in [9.17, 15) is 17.6 Å². The monoisotopic (exact) mass is 293 g/mol. The van der Waals surface area contributed by atoms with Gasteiger partial charge in [0, 0.05) is 11.8 Å². The van der Waals surface area contributed by atoms with E-state index in [1.165, 1.54) is 6.07 Å². The summed E-state index contributed by atoms with van der Waals surface area (Å²) in [5, 5.41) is 0.0937. The normalized spacial score (nSPS) is 13.3. The molecule has 100 valence electrons. The molecular formula is C11H13ClFNO3S. The Labute approximate surface area is 110 Å². The van der Waals surface area contributed by atoms with Crippen LogP contribution in [0.25, 0.3) is 0 Å². The minimum absolute atomic E-state index is 0.0233. The summed E-state index contributed by atoms with van der Waals surface area (Å²) in [5.41, 5.74) is 5.55. The van der Waals surface area contributed by atoms with Crippen molar-refractivity contribution in [3.63, 3.8) is 0 Å². The van der Waals surface area contributed by atoms with Crippen molar-refractivity contribution in [2.24, 2.45) is 5.73 Å². The lowest BCUT2D eigenvalue weighted by molar-refractivity contribution is 0.0959. The molecule has 18 heavy (non-hydrogen) atoms. The number of carbonyl (C=O) groups is 1. The number of halogens is 2. The van der Waals surface area contributed by atoms with E-state index in [0.29, 0.717) is 0 Å². The number of hydrogen-bond donors (Lipinski definition) is 1. The molecule has 0 aliphatic rings. The van der Waals surface area contributed by atoms with Gasteiger partial charge in [0.15, 0.2) is 5.78 Å². The lowest BCUT2D eigenvalue weighted by atomic mass is 10.0. The molecule has 0 saturated heterocycles. The molecule has 0 amide bonds. The van der Waals surface area contributed by atoms with Gasteiger partial charge in [0.25, 0.3) is 0 Å². The van der Waals surface area contributed by atoms with Gasteiger partial charge in [-0.1, -0.05) is 11.6 Å². The second-order valence-electron chi connectivity index (χ2n) is 4.01. The highest BCUT2D eigenvalue weighted by Gasteiger charge is 2.20. The maximum absolute atomic E-state index is 13.0. The minimum Gasteiger partial charge on any atom is -0.321 e. The summed E-state index contributed by atoms with van der Waals surface area (Å²) >= 11 is 5.76. The molecule has 2 N–H and O–H groups in total. The molecule has 7 heteroatoms. The maximum Gasteiger partial charge on any atom is 0.181 e. The Morgan fingerprint density at radius 2 is 2.11 bits per heavy atom. The van der Waals surface area contributed by atoms with Gasteiger partial charge in [-0.2, -0.15) is 0 Å². The summed E-state index contributed by atoms with van der Waals surface area (Å²) in [5.74, 6) is -1.37. The largest absolute Gasteiger partial charge is 0.321 e. The summed E-state index contributed by atoms with van der Waals surface area (Å²) in [7, 11) is -3.19. The molecule has 0 aromatic heterocycles. The Morgan fingerprint density at radius 1 is 1.50 bits per heavy atom. The summed E-state index contributed by atoms with van der Waals surface area (Å²) in [6.45, 7) is 0. The Balaban J connectivity index is 2.83. The molecule has 0 aliphatic heterocycles. The number of sulfone groups is 1. The van der Waals surface area contributed by atoms with Crippen LogP contribution in [0.1, 0.15) is 16.8 Å². The quantitative estimate of drug-likeness (QED) is 0.833. The van der Waals surface area contributed by atoms with Gasteiger partial charge in [-0.15, -0.1) is 0 Å². The number of nitrogens with two attached hydrogens (primary N) is 1. The van der Waals surface area contributed by atoms with Crippen LogP contribution >= 0.6 is 11.6 Å². The third kappa shape index (κ3) is 4.36.